The van der Waals surface area contributed by atoms with Crippen molar-refractivity contribution in [2.24, 2.45) is 0 Å². The second-order valence-electron chi connectivity index (χ2n) is 6.30. The molecule has 1 aromatic heterocycles. The molecule has 0 aliphatic carbocycles. The molecular formula is C20H14Cl2N4O3. The summed E-state index contributed by atoms with van der Waals surface area (Å²) in [6, 6.07) is 13.3. The molecule has 1 aliphatic rings. The minimum atomic E-state index is -1.15. The Morgan fingerprint density at radius 2 is 1.93 bits per heavy atom. The number of hydrogen-bond donors (Lipinski definition) is 3. The Balaban J connectivity index is 1.74. The van der Waals surface area contributed by atoms with Crippen molar-refractivity contribution in [2.45, 2.75) is 6.04 Å². The van der Waals surface area contributed by atoms with E-state index in [0.29, 0.717) is 15.7 Å². The van der Waals surface area contributed by atoms with E-state index in [1.54, 1.807) is 47.1 Å². The van der Waals surface area contributed by atoms with Gasteiger partial charge in [0.05, 0.1) is 22.9 Å². The maximum atomic E-state index is 12.8. The molecule has 1 atom stereocenters. The number of fused-ring (bicyclic) bond motifs is 1. The zero-order chi connectivity index (χ0) is 20.5. The average molecular weight is 429 g/mol. The second-order valence-corrected chi connectivity index (χ2v) is 7.14. The molecule has 1 amide bonds. The third-order valence-electron chi connectivity index (χ3n) is 4.42. The van der Waals surface area contributed by atoms with Crippen molar-refractivity contribution < 1.29 is 14.7 Å². The van der Waals surface area contributed by atoms with Gasteiger partial charge in [0.25, 0.3) is 5.91 Å². The highest BCUT2D eigenvalue weighted by Crippen LogP contribution is 2.33. The summed E-state index contributed by atoms with van der Waals surface area (Å²) in [6.45, 7) is 0. The van der Waals surface area contributed by atoms with Crippen molar-refractivity contribution in [3.63, 3.8) is 0 Å². The van der Waals surface area contributed by atoms with Crippen LogP contribution in [0.3, 0.4) is 0 Å². The second kappa shape index (κ2) is 7.62. The van der Waals surface area contributed by atoms with E-state index in [0.717, 1.165) is 5.56 Å². The molecule has 1 aliphatic heterocycles. The van der Waals surface area contributed by atoms with E-state index in [9.17, 15) is 14.7 Å². The maximum absolute atomic E-state index is 12.8. The first-order chi connectivity index (χ1) is 13.9. The Labute approximate surface area is 175 Å². The van der Waals surface area contributed by atoms with Crippen molar-refractivity contribution in [3.8, 4) is 0 Å². The Morgan fingerprint density at radius 1 is 1.14 bits per heavy atom. The third-order valence-corrected chi connectivity index (χ3v) is 4.99. The summed E-state index contributed by atoms with van der Waals surface area (Å²) in [4.78, 5) is 24.5. The highest BCUT2D eigenvalue weighted by atomic mass is 35.5. The topological polar surface area (TPSA) is 96.2 Å². The number of amides is 1. The zero-order valence-corrected chi connectivity index (χ0v) is 16.3. The summed E-state index contributed by atoms with van der Waals surface area (Å²) >= 11 is 12.2. The van der Waals surface area contributed by atoms with E-state index >= 15 is 0 Å². The van der Waals surface area contributed by atoms with E-state index < -0.39 is 17.9 Å². The lowest BCUT2D eigenvalue weighted by atomic mass is 10.0. The van der Waals surface area contributed by atoms with Crippen LogP contribution in [-0.4, -0.2) is 26.8 Å². The van der Waals surface area contributed by atoms with Gasteiger partial charge in [-0.3, -0.25) is 4.79 Å². The summed E-state index contributed by atoms with van der Waals surface area (Å²) in [6.07, 6.45) is 2.90. The molecule has 3 aromatic rings. The Bertz CT molecular complexity index is 1160. The molecule has 0 fully saturated rings. The lowest BCUT2D eigenvalue weighted by Crippen LogP contribution is -2.25. The predicted molar refractivity (Wildman–Crippen MR) is 111 cm³/mol. The average Bonchev–Trinajstić information content (AvgIpc) is 3.13. The van der Waals surface area contributed by atoms with Crippen LogP contribution in [0.15, 0.2) is 66.5 Å². The highest BCUT2D eigenvalue weighted by molar-refractivity contribution is 6.34. The summed E-state index contributed by atoms with van der Waals surface area (Å²) in [7, 11) is 0. The van der Waals surface area contributed by atoms with Gasteiger partial charge < -0.3 is 15.7 Å². The number of aromatic nitrogens is 2. The first-order valence-corrected chi connectivity index (χ1v) is 9.30. The predicted octanol–water partition coefficient (Wildman–Crippen LogP) is 4.43. The fraction of sp³-hybridized carbons (Fsp3) is 0.0500. The van der Waals surface area contributed by atoms with E-state index in [1.165, 1.54) is 12.3 Å². The number of carbonyl (C=O) groups excluding carboxylic acids is 1. The molecule has 0 bridgehead atoms. The third kappa shape index (κ3) is 3.70. The van der Waals surface area contributed by atoms with Gasteiger partial charge >= 0.3 is 5.97 Å². The molecule has 4 rings (SSSR count). The van der Waals surface area contributed by atoms with Crippen LogP contribution in [0.25, 0.3) is 0 Å². The number of nitrogens with zero attached hydrogens (tertiary/aromatic N) is 2. The quantitative estimate of drug-likeness (QED) is 0.571. The van der Waals surface area contributed by atoms with Gasteiger partial charge in [-0.1, -0.05) is 47.5 Å². The van der Waals surface area contributed by atoms with E-state index in [2.05, 4.69) is 15.7 Å². The Kier molecular flexibility index (Phi) is 5.00. The molecule has 146 valence electrons. The van der Waals surface area contributed by atoms with Crippen molar-refractivity contribution in [3.05, 3.63) is 87.7 Å². The molecule has 0 spiro atoms. The zero-order valence-electron chi connectivity index (χ0n) is 14.8. The Hall–Kier alpha value is -3.29. The normalized spacial score (nSPS) is 15.1. The number of aliphatic carboxylic acids is 1. The number of benzene rings is 2. The molecule has 1 unspecified atom stereocenters. The number of rotatable bonds is 4. The molecule has 3 N–H and O–H groups in total. The summed E-state index contributed by atoms with van der Waals surface area (Å²) in [5.74, 6) is -1.36. The number of hydrogen-bond acceptors (Lipinski definition) is 4. The molecule has 29 heavy (non-hydrogen) atoms. The van der Waals surface area contributed by atoms with E-state index in [4.69, 9.17) is 23.2 Å². The number of halogens is 2. The SMILES string of the molecule is O=C(O)C1=CC(c2cccc(Cl)c2)n2ncc(C(=O)Nc3ccccc3Cl)c2N1. The lowest BCUT2D eigenvalue weighted by Gasteiger charge is -2.24. The molecule has 9 heteroatoms. The van der Waals surface area contributed by atoms with Gasteiger partial charge in [-0.05, 0) is 35.9 Å². The van der Waals surface area contributed by atoms with Crippen LogP contribution < -0.4 is 10.6 Å². The van der Waals surface area contributed by atoms with Crippen LogP contribution in [0.5, 0.6) is 0 Å². The van der Waals surface area contributed by atoms with Gasteiger partial charge in [-0.25, -0.2) is 9.48 Å². The molecule has 7 nitrogen and oxygen atoms in total. The minimum absolute atomic E-state index is 0.0604. The van der Waals surface area contributed by atoms with Crippen molar-refractivity contribution in [1.29, 1.82) is 0 Å². The summed E-state index contributed by atoms with van der Waals surface area (Å²) in [5, 5.41) is 20.2. The molecule has 0 saturated heterocycles. The molecular weight excluding hydrogens is 415 g/mol. The number of para-hydroxylation sites is 1. The van der Waals surface area contributed by atoms with Gasteiger partial charge in [0.2, 0.25) is 0 Å². The van der Waals surface area contributed by atoms with Crippen LogP contribution in [0.2, 0.25) is 10.0 Å². The maximum Gasteiger partial charge on any atom is 0.352 e. The van der Waals surface area contributed by atoms with Crippen molar-refractivity contribution >= 4 is 46.6 Å². The van der Waals surface area contributed by atoms with Crippen LogP contribution in [0, 0.1) is 0 Å². The molecule has 2 aromatic carbocycles. The van der Waals surface area contributed by atoms with Gasteiger partial charge in [0, 0.05) is 5.02 Å². The van der Waals surface area contributed by atoms with Crippen molar-refractivity contribution in [1.82, 2.24) is 9.78 Å². The molecule has 2 heterocycles. The van der Waals surface area contributed by atoms with Crippen molar-refractivity contribution in [2.75, 3.05) is 10.6 Å². The van der Waals surface area contributed by atoms with Crippen LogP contribution in [-0.2, 0) is 4.79 Å². The lowest BCUT2D eigenvalue weighted by molar-refractivity contribution is -0.132. The van der Waals surface area contributed by atoms with Crippen LogP contribution >= 0.6 is 23.2 Å². The number of carboxylic acid groups (broad SMARTS) is 1. The van der Waals surface area contributed by atoms with Gasteiger partial charge in [-0.2, -0.15) is 5.10 Å². The number of anilines is 2. The minimum Gasteiger partial charge on any atom is -0.477 e. The van der Waals surface area contributed by atoms with Gasteiger partial charge in [-0.15, -0.1) is 0 Å². The largest absolute Gasteiger partial charge is 0.477 e. The number of carboxylic acids is 1. The molecule has 0 radical (unpaired) electrons. The van der Waals surface area contributed by atoms with Crippen LogP contribution in [0.1, 0.15) is 22.0 Å². The number of carbonyl (C=O) groups is 2. The van der Waals surface area contributed by atoms with E-state index in [-0.39, 0.29) is 17.1 Å². The standard InChI is InChI=1S/C20H14Cl2N4O3/c21-12-5-3-4-11(8-12)17-9-16(20(28)29)24-18-13(10-23-26(17)18)19(27)25-15-7-2-1-6-14(15)22/h1-10,17,24H,(H,25,27)(H,28,29). The number of allylic oxidation sites excluding steroid dienone is 1. The van der Waals surface area contributed by atoms with E-state index in [1.807, 2.05) is 6.07 Å². The monoisotopic (exact) mass is 428 g/mol. The number of nitrogens with one attached hydrogen (secondary N) is 2. The summed E-state index contributed by atoms with van der Waals surface area (Å²) < 4.78 is 1.54. The first-order valence-electron chi connectivity index (χ1n) is 8.55. The van der Waals surface area contributed by atoms with Gasteiger partial charge in [0.15, 0.2) is 0 Å². The first kappa shape index (κ1) is 19.0. The smallest absolute Gasteiger partial charge is 0.352 e. The fourth-order valence-electron chi connectivity index (χ4n) is 3.07. The van der Waals surface area contributed by atoms with Gasteiger partial charge in [0.1, 0.15) is 17.1 Å². The highest BCUT2D eigenvalue weighted by Gasteiger charge is 2.29. The van der Waals surface area contributed by atoms with Crippen LogP contribution in [0.4, 0.5) is 11.5 Å². The Morgan fingerprint density at radius 3 is 2.66 bits per heavy atom. The fourth-order valence-corrected chi connectivity index (χ4v) is 3.45. The molecule has 0 saturated carbocycles. The summed E-state index contributed by atoms with van der Waals surface area (Å²) in [5.41, 5.74) is 1.30.